The van der Waals surface area contributed by atoms with E-state index in [1.54, 1.807) is 0 Å². The largest absolute Gasteiger partial charge is 0.309 e. The highest BCUT2D eigenvalue weighted by atomic mass is 127. The first-order chi connectivity index (χ1) is 10.0. The average molecular weight is 394 g/mol. The predicted molar refractivity (Wildman–Crippen MR) is 92.7 cm³/mol. The summed E-state index contributed by atoms with van der Waals surface area (Å²) in [4.78, 5) is 19.9. The molecule has 0 aliphatic heterocycles. The molecule has 1 N–H and O–H groups in total. The Balaban J connectivity index is 1.94. The van der Waals surface area contributed by atoms with Crippen LogP contribution in [0, 0.1) is 9.49 Å². The number of aromatic nitrogens is 2. The van der Waals surface area contributed by atoms with Crippen LogP contribution in [0.4, 0.5) is 0 Å². The normalized spacial score (nSPS) is 14.7. The van der Waals surface area contributed by atoms with Gasteiger partial charge in [0.2, 0.25) is 0 Å². The summed E-state index contributed by atoms with van der Waals surface area (Å²) >= 11 is 2.11. The number of benzene rings is 1. The van der Waals surface area contributed by atoms with E-state index in [4.69, 9.17) is 4.98 Å². The second-order valence-electron chi connectivity index (χ2n) is 6.18. The van der Waals surface area contributed by atoms with Crippen molar-refractivity contribution in [1.29, 1.82) is 0 Å². The van der Waals surface area contributed by atoms with Crippen molar-refractivity contribution in [2.24, 2.45) is 5.92 Å². The van der Waals surface area contributed by atoms with Crippen LogP contribution in [0.5, 0.6) is 0 Å². The van der Waals surface area contributed by atoms with E-state index in [9.17, 15) is 4.79 Å². The summed E-state index contributed by atoms with van der Waals surface area (Å²) in [6.45, 7) is 4.31. The standard InChI is InChI=1S/C17H19IN2O/c1-10(2)7-14-15(18)17(21)20-16(19-14)13-8-11-5-3-4-6-12(11)9-13/h3-6,10,13H,7-9H2,1-2H3,(H,19,20,21). The molecular weight excluding hydrogens is 375 g/mol. The molecule has 1 heterocycles. The molecule has 0 bridgehead atoms. The zero-order valence-corrected chi connectivity index (χ0v) is 14.5. The molecule has 0 radical (unpaired) electrons. The predicted octanol–water partition coefficient (Wildman–Crippen LogP) is 3.46. The third kappa shape index (κ3) is 3.05. The Morgan fingerprint density at radius 2 is 1.90 bits per heavy atom. The van der Waals surface area contributed by atoms with Crippen molar-refractivity contribution >= 4 is 22.6 Å². The summed E-state index contributed by atoms with van der Waals surface area (Å²) in [5.74, 6) is 1.66. The van der Waals surface area contributed by atoms with Gasteiger partial charge in [-0.05, 0) is 58.9 Å². The molecule has 0 atom stereocenters. The Hall–Kier alpha value is -1.17. The van der Waals surface area contributed by atoms with Gasteiger partial charge < -0.3 is 4.98 Å². The van der Waals surface area contributed by atoms with Gasteiger partial charge in [-0.15, -0.1) is 0 Å². The van der Waals surface area contributed by atoms with Crippen LogP contribution in [0.3, 0.4) is 0 Å². The molecule has 3 nitrogen and oxygen atoms in total. The fourth-order valence-electron chi connectivity index (χ4n) is 2.99. The van der Waals surface area contributed by atoms with Gasteiger partial charge in [0.25, 0.3) is 5.56 Å². The van der Waals surface area contributed by atoms with Crippen molar-refractivity contribution in [2.75, 3.05) is 0 Å². The van der Waals surface area contributed by atoms with Gasteiger partial charge in [-0.1, -0.05) is 38.1 Å². The van der Waals surface area contributed by atoms with E-state index in [0.717, 1.165) is 34.4 Å². The summed E-state index contributed by atoms with van der Waals surface area (Å²) in [5, 5.41) is 0. The summed E-state index contributed by atoms with van der Waals surface area (Å²) < 4.78 is 0.737. The molecule has 0 saturated heterocycles. The molecule has 0 saturated carbocycles. The molecule has 1 aliphatic carbocycles. The molecule has 1 aliphatic rings. The van der Waals surface area contributed by atoms with Crippen molar-refractivity contribution in [1.82, 2.24) is 9.97 Å². The molecule has 21 heavy (non-hydrogen) atoms. The van der Waals surface area contributed by atoms with Gasteiger partial charge in [-0.2, -0.15) is 0 Å². The Morgan fingerprint density at radius 3 is 2.48 bits per heavy atom. The fraction of sp³-hybridized carbons (Fsp3) is 0.412. The minimum absolute atomic E-state index is 0.00667. The Morgan fingerprint density at radius 1 is 1.29 bits per heavy atom. The minimum atomic E-state index is 0.00667. The van der Waals surface area contributed by atoms with Crippen molar-refractivity contribution in [2.45, 2.75) is 39.0 Å². The highest BCUT2D eigenvalue weighted by molar-refractivity contribution is 14.1. The lowest BCUT2D eigenvalue weighted by Crippen LogP contribution is -2.21. The van der Waals surface area contributed by atoms with E-state index in [2.05, 4.69) is 65.7 Å². The van der Waals surface area contributed by atoms with Gasteiger partial charge in [0.15, 0.2) is 0 Å². The molecule has 1 aromatic carbocycles. The molecule has 2 aromatic rings. The maximum atomic E-state index is 12.2. The molecule has 0 fully saturated rings. The van der Waals surface area contributed by atoms with E-state index >= 15 is 0 Å². The second kappa shape index (κ2) is 5.91. The smallest absolute Gasteiger partial charge is 0.264 e. The average Bonchev–Trinajstić information content (AvgIpc) is 2.87. The van der Waals surface area contributed by atoms with Crippen LogP contribution in [0.15, 0.2) is 29.1 Å². The highest BCUT2D eigenvalue weighted by Crippen LogP contribution is 2.32. The zero-order valence-electron chi connectivity index (χ0n) is 12.3. The van der Waals surface area contributed by atoms with Gasteiger partial charge in [0.05, 0.1) is 9.26 Å². The Bertz CT molecular complexity index is 696. The first kappa shape index (κ1) is 14.8. The third-order valence-corrected chi connectivity index (χ3v) is 5.10. The van der Waals surface area contributed by atoms with E-state index in [1.807, 2.05) is 0 Å². The number of fused-ring (bicyclic) bond motifs is 1. The zero-order chi connectivity index (χ0) is 15.0. The van der Waals surface area contributed by atoms with Gasteiger partial charge in [0, 0.05) is 5.92 Å². The number of H-pyrrole nitrogens is 1. The molecule has 1 aromatic heterocycles. The summed E-state index contributed by atoms with van der Waals surface area (Å²) in [7, 11) is 0. The number of aromatic amines is 1. The lowest BCUT2D eigenvalue weighted by atomic mass is 10.0. The molecular formula is C17H19IN2O. The second-order valence-corrected chi connectivity index (χ2v) is 7.26. The van der Waals surface area contributed by atoms with Crippen molar-refractivity contribution in [3.63, 3.8) is 0 Å². The number of nitrogens with one attached hydrogen (secondary N) is 1. The first-order valence-electron chi connectivity index (χ1n) is 7.40. The van der Waals surface area contributed by atoms with Crippen molar-refractivity contribution in [3.8, 4) is 0 Å². The van der Waals surface area contributed by atoms with E-state index in [1.165, 1.54) is 11.1 Å². The van der Waals surface area contributed by atoms with Crippen LogP contribution < -0.4 is 5.56 Å². The summed E-state index contributed by atoms with van der Waals surface area (Å²) in [6.07, 6.45) is 2.80. The summed E-state index contributed by atoms with van der Waals surface area (Å²) in [5.41, 5.74) is 3.72. The minimum Gasteiger partial charge on any atom is -0.309 e. The Kier molecular flexibility index (Phi) is 4.15. The van der Waals surface area contributed by atoms with Crippen LogP contribution >= 0.6 is 22.6 Å². The molecule has 4 heteroatoms. The van der Waals surface area contributed by atoms with Crippen LogP contribution in [0.2, 0.25) is 0 Å². The van der Waals surface area contributed by atoms with Gasteiger partial charge in [0.1, 0.15) is 5.82 Å². The molecule has 0 amide bonds. The first-order valence-corrected chi connectivity index (χ1v) is 8.48. The number of rotatable bonds is 3. The van der Waals surface area contributed by atoms with Gasteiger partial charge >= 0.3 is 0 Å². The van der Waals surface area contributed by atoms with E-state index < -0.39 is 0 Å². The number of halogens is 1. The monoisotopic (exact) mass is 394 g/mol. The molecule has 110 valence electrons. The Labute approximate surface area is 138 Å². The third-order valence-electron chi connectivity index (χ3n) is 3.99. The maximum Gasteiger partial charge on any atom is 0.264 e. The number of hydrogen-bond donors (Lipinski definition) is 1. The molecule has 0 spiro atoms. The van der Waals surface area contributed by atoms with Crippen LogP contribution in [-0.2, 0) is 19.3 Å². The topological polar surface area (TPSA) is 45.8 Å². The quantitative estimate of drug-likeness (QED) is 0.811. The van der Waals surface area contributed by atoms with E-state index in [0.29, 0.717) is 11.8 Å². The number of hydrogen-bond acceptors (Lipinski definition) is 2. The van der Waals surface area contributed by atoms with Crippen molar-refractivity contribution < 1.29 is 0 Å². The highest BCUT2D eigenvalue weighted by Gasteiger charge is 2.25. The number of nitrogens with zero attached hydrogens (tertiary/aromatic N) is 1. The molecule has 3 rings (SSSR count). The lowest BCUT2D eigenvalue weighted by molar-refractivity contribution is 0.610. The van der Waals surface area contributed by atoms with E-state index in [-0.39, 0.29) is 5.56 Å². The van der Waals surface area contributed by atoms with Gasteiger partial charge in [-0.25, -0.2) is 4.98 Å². The van der Waals surface area contributed by atoms with Crippen LogP contribution in [0.1, 0.15) is 42.4 Å². The van der Waals surface area contributed by atoms with Crippen LogP contribution in [0.25, 0.3) is 0 Å². The fourth-order valence-corrected chi connectivity index (χ4v) is 3.47. The molecule has 0 unspecified atom stereocenters. The summed E-state index contributed by atoms with van der Waals surface area (Å²) in [6, 6.07) is 8.51. The SMILES string of the molecule is CC(C)Cc1nc(C2Cc3ccccc3C2)[nH]c(=O)c1I. The van der Waals surface area contributed by atoms with Crippen molar-refractivity contribution in [3.05, 3.63) is 60.8 Å². The maximum absolute atomic E-state index is 12.2. The lowest BCUT2D eigenvalue weighted by Gasteiger charge is -2.12. The van der Waals surface area contributed by atoms with Gasteiger partial charge in [-0.3, -0.25) is 4.79 Å². The van der Waals surface area contributed by atoms with Crippen LogP contribution in [-0.4, -0.2) is 9.97 Å².